The maximum absolute atomic E-state index is 13.4. The SMILES string of the molecule is CS(=O)(=O)c1ccc(F)c2c1C(=O)C(F)(F)C2O.CSc1ccc(F)c2c1C(=O)C(F)(F)C2O.O=C1CC(=O)c2c(F)ccc(F)c21.O=C1c2c(F)ccc(F)c2C(=O)C1(F)F.O=C1c2c(F)ccc(F)c2C(O)C1(F)F. The van der Waals surface area contributed by atoms with E-state index in [-0.39, 0.29) is 4.90 Å². The van der Waals surface area contributed by atoms with Crippen molar-refractivity contribution < 1.29 is 128 Å². The molecular weight excluding hydrogens is 1120 g/mol. The van der Waals surface area contributed by atoms with Gasteiger partial charge in [-0.15, -0.1) is 11.8 Å². The topological polar surface area (TPSA) is 214 Å². The molecule has 5 aliphatic carbocycles. The largest absolute Gasteiger partial charge is 0.381 e. The number of hydrogen-bond donors (Lipinski definition) is 3. The van der Waals surface area contributed by atoms with Crippen LogP contribution in [0.1, 0.15) is 114 Å². The predicted molar refractivity (Wildman–Crippen MR) is 226 cm³/mol. The molecule has 0 amide bonds. The zero-order valence-corrected chi connectivity index (χ0v) is 39.2. The minimum Gasteiger partial charge on any atom is -0.381 e. The van der Waals surface area contributed by atoms with Crippen LogP contribution in [0.15, 0.2) is 70.5 Å². The van der Waals surface area contributed by atoms with Gasteiger partial charge in [-0.1, -0.05) is 0 Å². The average Bonchev–Trinajstić information content (AvgIpc) is 3.97. The molecule has 0 bridgehead atoms. The fraction of sp³-hybridized carbons (Fsp3) is 0.213. The van der Waals surface area contributed by atoms with E-state index in [0.29, 0.717) is 36.6 Å². The number of benzene rings is 5. The Morgan fingerprint density at radius 3 is 1.06 bits per heavy atom. The summed E-state index contributed by atoms with van der Waals surface area (Å²) in [6, 6.07) is 7.51. The number of sulfone groups is 1. The first-order valence-electron chi connectivity index (χ1n) is 20.5. The third kappa shape index (κ3) is 9.73. The molecule has 5 aromatic rings. The van der Waals surface area contributed by atoms with E-state index in [0.717, 1.165) is 36.0 Å². The van der Waals surface area contributed by atoms with Crippen molar-refractivity contribution in [3.8, 4) is 0 Å². The Morgan fingerprint density at radius 2 is 0.701 bits per heavy atom. The summed E-state index contributed by atoms with van der Waals surface area (Å²) in [4.78, 5) is 77.2. The molecule has 0 fully saturated rings. The van der Waals surface area contributed by atoms with Crippen molar-refractivity contribution in [3.05, 3.63) is 163 Å². The number of thioether (sulfide) groups is 1. The van der Waals surface area contributed by atoms with Crippen molar-refractivity contribution in [2.75, 3.05) is 12.5 Å². The predicted octanol–water partition coefficient (Wildman–Crippen LogP) is 9.05. The Balaban J connectivity index is 0.000000156. The zero-order chi connectivity index (χ0) is 58.3. The van der Waals surface area contributed by atoms with E-state index in [1.165, 1.54) is 6.07 Å². The molecule has 0 radical (unpaired) electrons. The van der Waals surface area contributed by atoms with Crippen LogP contribution in [0.3, 0.4) is 0 Å². The van der Waals surface area contributed by atoms with Crippen LogP contribution in [0.5, 0.6) is 0 Å². The number of ketones is 7. The number of carbonyl (C=O) groups is 7. The van der Waals surface area contributed by atoms with Crippen LogP contribution >= 0.6 is 11.8 Å². The highest BCUT2D eigenvalue weighted by Gasteiger charge is 2.60. The lowest BCUT2D eigenvalue weighted by Gasteiger charge is -2.11. The zero-order valence-electron chi connectivity index (χ0n) is 37.6. The standard InChI is InChI=1S/C10H7F3O4S.C10H7F3O2S.C9H4F4O2.C9H2F4O2.C9H4F2O2/c1-18(16,17)5-3-2-4(11)6-7(5)9(15)10(12,13)8(6)14;1-16-5-3-2-4(11)6-7(5)9(15)10(12,13)8(6)14;2*10-3-1-2-4(11)6-5(3)7(14)9(12,13)8(6)15;10-4-1-2-5(11)9-7(13)3-6(12)8(4)9/h2-3,8,14H,1H3;2-3,8,14H,1H3;1-2,7,14H;1-2H;1-2H,3H2. The molecule has 0 aliphatic heterocycles. The molecule has 0 spiro atoms. The number of carbonyl (C=O) groups excluding carboxylic acids is 7. The fourth-order valence-corrected chi connectivity index (χ4v) is 9.44. The van der Waals surface area contributed by atoms with Crippen molar-refractivity contribution in [2.24, 2.45) is 0 Å². The summed E-state index contributed by atoms with van der Waals surface area (Å²) in [5.41, 5.74) is -8.07. The van der Waals surface area contributed by atoms with Gasteiger partial charge in [-0.25, -0.2) is 43.5 Å². The van der Waals surface area contributed by atoms with Crippen LogP contribution in [-0.4, -0.2) is 100 Å². The van der Waals surface area contributed by atoms with Crippen molar-refractivity contribution in [3.63, 3.8) is 0 Å². The molecule has 0 aromatic heterocycles. The van der Waals surface area contributed by atoms with Gasteiger partial charge in [-0.05, 0) is 66.9 Å². The number of aliphatic hydroxyl groups excluding tert-OH is 3. The van der Waals surface area contributed by atoms with Gasteiger partial charge in [0.25, 0.3) is 0 Å². The van der Waals surface area contributed by atoms with E-state index < -0.39 is 206 Å². The number of Topliss-reactive ketones (excluding diaryl/α,β-unsaturated/α-hetero) is 7. The van der Waals surface area contributed by atoms with Crippen molar-refractivity contribution in [2.45, 2.75) is 58.2 Å². The van der Waals surface area contributed by atoms with E-state index in [4.69, 9.17) is 5.11 Å². The molecule has 408 valence electrons. The van der Waals surface area contributed by atoms with Crippen molar-refractivity contribution in [1.29, 1.82) is 0 Å². The summed E-state index contributed by atoms with van der Waals surface area (Å²) >= 11 is 1.06. The van der Waals surface area contributed by atoms with Gasteiger partial charge >= 0.3 is 23.7 Å². The van der Waals surface area contributed by atoms with E-state index in [9.17, 15) is 122 Å². The number of halogens is 16. The third-order valence-corrected chi connectivity index (χ3v) is 13.5. The average molecular weight is 1150 g/mol. The highest BCUT2D eigenvalue weighted by molar-refractivity contribution is 7.98. The molecule has 0 heterocycles. The summed E-state index contributed by atoms with van der Waals surface area (Å²) in [6.45, 7) is 0. The third-order valence-electron chi connectivity index (χ3n) is 11.6. The smallest absolute Gasteiger partial charge is 0.371 e. The second-order valence-electron chi connectivity index (χ2n) is 16.3. The summed E-state index contributed by atoms with van der Waals surface area (Å²) in [6.07, 6.45) is -5.80. The van der Waals surface area contributed by atoms with Gasteiger partial charge in [0, 0.05) is 33.4 Å². The molecule has 5 aromatic carbocycles. The second kappa shape index (κ2) is 20.3. The molecule has 30 heteroatoms. The number of rotatable bonds is 2. The minimum atomic E-state index is -4.36. The lowest BCUT2D eigenvalue weighted by molar-refractivity contribution is -0.0717. The van der Waals surface area contributed by atoms with Gasteiger partial charge in [0.1, 0.15) is 46.5 Å². The maximum Gasteiger partial charge on any atom is 0.371 e. The van der Waals surface area contributed by atoms with Crippen LogP contribution in [-0.2, 0) is 9.84 Å². The Morgan fingerprint density at radius 1 is 0.416 bits per heavy atom. The van der Waals surface area contributed by atoms with E-state index in [2.05, 4.69) is 0 Å². The highest BCUT2D eigenvalue weighted by Crippen LogP contribution is 2.49. The Kier molecular flexibility index (Phi) is 15.6. The first kappa shape index (κ1) is 59.1. The molecule has 3 N–H and O–H groups in total. The van der Waals surface area contributed by atoms with Gasteiger partial charge in [-0.3, -0.25) is 33.6 Å². The molecule has 77 heavy (non-hydrogen) atoms. The van der Waals surface area contributed by atoms with Crippen LogP contribution in [0.25, 0.3) is 0 Å². The van der Waals surface area contributed by atoms with Crippen LogP contribution in [0, 0.1) is 46.5 Å². The number of fused-ring (bicyclic) bond motifs is 5. The summed E-state index contributed by atoms with van der Waals surface area (Å²) in [5.74, 6) is -36.2. The van der Waals surface area contributed by atoms with Crippen LogP contribution in [0.2, 0.25) is 0 Å². The number of aliphatic hydroxyl groups is 3. The molecule has 3 atom stereocenters. The van der Waals surface area contributed by atoms with Crippen molar-refractivity contribution >= 4 is 62.1 Å². The Labute approximate surface area is 422 Å². The number of hydrogen-bond acceptors (Lipinski definition) is 13. The highest BCUT2D eigenvalue weighted by atomic mass is 32.2. The first-order valence-corrected chi connectivity index (χ1v) is 23.6. The van der Waals surface area contributed by atoms with Crippen molar-refractivity contribution in [1.82, 2.24) is 0 Å². The Bertz CT molecular complexity index is 3490. The lowest BCUT2D eigenvalue weighted by atomic mass is 10.1. The molecule has 12 nitrogen and oxygen atoms in total. The summed E-state index contributed by atoms with van der Waals surface area (Å²) in [7, 11) is -3.98. The summed E-state index contributed by atoms with van der Waals surface area (Å²) in [5, 5.41) is 27.5. The molecular formula is C47H24F16O12S2. The maximum atomic E-state index is 13.4. The number of alkyl halides is 8. The van der Waals surface area contributed by atoms with Gasteiger partial charge < -0.3 is 15.3 Å². The fourth-order valence-electron chi connectivity index (χ4n) is 7.94. The van der Waals surface area contributed by atoms with Crippen LogP contribution in [0.4, 0.5) is 70.2 Å². The molecule has 0 saturated heterocycles. The normalized spacial score (nSPS) is 20.3. The van der Waals surface area contributed by atoms with Crippen LogP contribution < -0.4 is 0 Å². The van der Waals surface area contributed by atoms with Gasteiger partial charge in [0.05, 0.1) is 44.7 Å². The quantitative estimate of drug-likeness (QED) is 0.0652. The monoisotopic (exact) mass is 1150 g/mol. The van der Waals surface area contributed by atoms with Gasteiger partial charge in [0.2, 0.25) is 28.9 Å². The summed E-state index contributed by atoms with van der Waals surface area (Å²) < 4.78 is 232. The van der Waals surface area contributed by atoms with E-state index in [1.807, 2.05) is 0 Å². The second-order valence-corrected chi connectivity index (χ2v) is 19.2. The van der Waals surface area contributed by atoms with Gasteiger partial charge in [0.15, 0.2) is 39.7 Å². The Hall–Kier alpha value is -7.15. The lowest BCUT2D eigenvalue weighted by Crippen LogP contribution is -2.30. The van der Waals surface area contributed by atoms with E-state index in [1.54, 1.807) is 6.26 Å². The van der Waals surface area contributed by atoms with Gasteiger partial charge in [-0.2, -0.15) is 35.1 Å². The molecule has 10 rings (SSSR count). The van der Waals surface area contributed by atoms with E-state index >= 15 is 0 Å². The minimum absolute atomic E-state index is 0.248. The molecule has 5 aliphatic rings. The molecule has 0 saturated carbocycles. The molecule has 3 unspecified atom stereocenters. The first-order chi connectivity index (χ1) is 35.3.